The van der Waals surface area contributed by atoms with Crippen LogP contribution in [0.4, 0.5) is 0 Å². The van der Waals surface area contributed by atoms with Gasteiger partial charge < -0.3 is 10.2 Å². The number of phenolic OH excluding ortho intramolecular Hbond substituents is 2. The summed E-state index contributed by atoms with van der Waals surface area (Å²) in [6, 6.07) is 17.4. The van der Waals surface area contributed by atoms with Gasteiger partial charge in [-0.3, -0.25) is 4.79 Å². The van der Waals surface area contributed by atoms with Crippen molar-refractivity contribution in [3.05, 3.63) is 60.7 Å². The van der Waals surface area contributed by atoms with E-state index in [9.17, 15) is 4.79 Å². The lowest BCUT2D eigenvalue weighted by Gasteiger charge is -2.05. The smallest absolute Gasteiger partial charge is 0.132 e. The van der Waals surface area contributed by atoms with Crippen LogP contribution in [0.15, 0.2) is 60.7 Å². The second-order valence-electron chi connectivity index (χ2n) is 4.77. The van der Waals surface area contributed by atoms with Gasteiger partial charge in [0.15, 0.2) is 0 Å². The Morgan fingerprint density at radius 3 is 1.19 bits per heavy atom. The number of carbonyl (C=O) groups is 1. The Hall–Kier alpha value is -2.29. The van der Waals surface area contributed by atoms with Crippen LogP contribution in [-0.4, -0.2) is 16.0 Å². The normalized spacial score (nSPS) is 13.2. The van der Waals surface area contributed by atoms with E-state index in [0.717, 1.165) is 25.7 Å². The van der Waals surface area contributed by atoms with Crippen molar-refractivity contribution in [2.75, 3.05) is 0 Å². The maximum atomic E-state index is 10.5. The second kappa shape index (κ2) is 10.5. The number of hydrogen-bond acceptors (Lipinski definition) is 3. The zero-order chi connectivity index (χ0) is 15.3. The Balaban J connectivity index is 0.000000157. The van der Waals surface area contributed by atoms with Crippen molar-refractivity contribution in [1.82, 2.24) is 0 Å². The first-order chi connectivity index (χ1) is 10.2. The average molecular weight is 286 g/mol. The third kappa shape index (κ3) is 9.27. The molecule has 2 aromatic carbocycles. The lowest BCUT2D eigenvalue weighted by Crippen LogP contribution is -2.02. The summed E-state index contributed by atoms with van der Waals surface area (Å²) < 4.78 is 0. The van der Waals surface area contributed by atoms with E-state index in [1.54, 1.807) is 48.5 Å². The summed E-state index contributed by atoms with van der Waals surface area (Å²) in [5.41, 5.74) is 0. The molecule has 0 aromatic heterocycles. The second-order valence-corrected chi connectivity index (χ2v) is 4.77. The minimum Gasteiger partial charge on any atom is -0.508 e. The van der Waals surface area contributed by atoms with Gasteiger partial charge in [-0.25, -0.2) is 0 Å². The highest BCUT2D eigenvalue weighted by Gasteiger charge is 2.05. The highest BCUT2D eigenvalue weighted by Crippen LogP contribution is 2.12. The zero-order valence-corrected chi connectivity index (χ0v) is 12.1. The summed E-state index contributed by atoms with van der Waals surface area (Å²) >= 11 is 0. The van der Waals surface area contributed by atoms with Crippen LogP contribution in [0, 0.1) is 0 Å². The maximum absolute atomic E-state index is 10.5. The van der Waals surface area contributed by atoms with Gasteiger partial charge in [0.2, 0.25) is 0 Å². The predicted molar refractivity (Wildman–Crippen MR) is 84.3 cm³/mol. The van der Waals surface area contributed by atoms with Gasteiger partial charge in [0.25, 0.3) is 0 Å². The van der Waals surface area contributed by atoms with Crippen LogP contribution in [0.1, 0.15) is 32.1 Å². The van der Waals surface area contributed by atoms with E-state index >= 15 is 0 Å². The summed E-state index contributed by atoms with van der Waals surface area (Å²) in [5, 5.41) is 17.3. The van der Waals surface area contributed by atoms with Crippen molar-refractivity contribution < 1.29 is 15.0 Å². The first-order valence-corrected chi connectivity index (χ1v) is 7.18. The van der Waals surface area contributed by atoms with E-state index < -0.39 is 0 Å². The first kappa shape index (κ1) is 16.8. The molecule has 1 aliphatic carbocycles. The third-order valence-electron chi connectivity index (χ3n) is 2.92. The van der Waals surface area contributed by atoms with E-state index in [1.807, 2.05) is 12.1 Å². The van der Waals surface area contributed by atoms with Crippen molar-refractivity contribution in [3.63, 3.8) is 0 Å². The zero-order valence-electron chi connectivity index (χ0n) is 12.1. The van der Waals surface area contributed by atoms with E-state index in [1.165, 1.54) is 6.42 Å². The summed E-state index contributed by atoms with van der Waals surface area (Å²) in [4.78, 5) is 10.5. The molecule has 2 aromatic rings. The van der Waals surface area contributed by atoms with Crippen LogP contribution in [0.3, 0.4) is 0 Å². The number of hydrogen-bond donors (Lipinski definition) is 2. The van der Waals surface area contributed by atoms with Gasteiger partial charge >= 0.3 is 0 Å². The van der Waals surface area contributed by atoms with Crippen LogP contribution >= 0.6 is 0 Å². The summed E-state index contributed by atoms with van der Waals surface area (Å²) in [6.07, 6.45) is 5.24. The third-order valence-corrected chi connectivity index (χ3v) is 2.92. The molecule has 0 aliphatic heterocycles. The Morgan fingerprint density at radius 2 is 1.00 bits per heavy atom. The van der Waals surface area contributed by atoms with E-state index in [-0.39, 0.29) is 0 Å². The van der Waals surface area contributed by atoms with Gasteiger partial charge in [-0.1, -0.05) is 42.8 Å². The fraction of sp³-hybridized carbons (Fsp3) is 0.278. The SMILES string of the molecule is O=C1CCCCC1.Oc1ccccc1.Oc1ccccc1. The van der Waals surface area contributed by atoms with E-state index in [0.29, 0.717) is 17.3 Å². The molecule has 2 N–H and O–H groups in total. The molecule has 21 heavy (non-hydrogen) atoms. The van der Waals surface area contributed by atoms with Crippen molar-refractivity contribution in [3.8, 4) is 11.5 Å². The highest BCUT2D eigenvalue weighted by atomic mass is 16.3. The number of phenols is 2. The molecule has 0 atom stereocenters. The Bertz CT molecular complexity index is 449. The Kier molecular flexibility index (Phi) is 8.38. The van der Waals surface area contributed by atoms with Gasteiger partial charge in [0, 0.05) is 12.8 Å². The number of benzene rings is 2. The number of para-hydroxylation sites is 2. The van der Waals surface area contributed by atoms with Crippen LogP contribution in [0.5, 0.6) is 11.5 Å². The molecule has 3 rings (SSSR count). The topological polar surface area (TPSA) is 57.5 Å². The number of carbonyl (C=O) groups excluding carboxylic acids is 1. The lowest BCUT2D eigenvalue weighted by molar-refractivity contribution is -0.120. The summed E-state index contributed by atoms with van der Waals surface area (Å²) in [6.45, 7) is 0. The van der Waals surface area contributed by atoms with E-state index in [4.69, 9.17) is 10.2 Å². The minimum absolute atomic E-state index is 0.322. The van der Waals surface area contributed by atoms with Crippen molar-refractivity contribution in [1.29, 1.82) is 0 Å². The van der Waals surface area contributed by atoms with Crippen LogP contribution < -0.4 is 0 Å². The molecule has 0 heterocycles. The van der Waals surface area contributed by atoms with Gasteiger partial charge in [0.1, 0.15) is 17.3 Å². The fourth-order valence-electron chi connectivity index (χ4n) is 1.80. The molecule has 1 aliphatic rings. The fourth-order valence-corrected chi connectivity index (χ4v) is 1.80. The molecule has 1 fully saturated rings. The molecule has 0 bridgehead atoms. The van der Waals surface area contributed by atoms with Gasteiger partial charge in [0.05, 0.1) is 0 Å². The number of rotatable bonds is 0. The summed E-state index contributed by atoms with van der Waals surface area (Å²) in [5.74, 6) is 1.11. The minimum atomic E-state index is 0.322. The van der Waals surface area contributed by atoms with Crippen LogP contribution in [0.25, 0.3) is 0 Å². The molecule has 0 radical (unpaired) electrons. The molecular formula is C18H22O3. The largest absolute Gasteiger partial charge is 0.508 e. The Labute approximate surface area is 125 Å². The molecule has 1 saturated carbocycles. The molecule has 0 spiro atoms. The van der Waals surface area contributed by atoms with Crippen molar-refractivity contribution in [2.45, 2.75) is 32.1 Å². The number of Topliss-reactive ketones (excluding diaryl/α,β-unsaturated/α-hetero) is 1. The number of aromatic hydroxyl groups is 2. The maximum Gasteiger partial charge on any atom is 0.132 e. The molecule has 0 amide bonds. The first-order valence-electron chi connectivity index (χ1n) is 7.18. The standard InChI is InChI=1S/C6H10O.2C6H6O/c3*7-6-4-2-1-3-5-6/h1-5H2;2*1-5,7H. The molecule has 3 heteroatoms. The van der Waals surface area contributed by atoms with Crippen molar-refractivity contribution >= 4 is 5.78 Å². The van der Waals surface area contributed by atoms with Gasteiger partial charge in [-0.2, -0.15) is 0 Å². The Morgan fingerprint density at radius 1 is 0.619 bits per heavy atom. The average Bonchev–Trinajstić information content (AvgIpc) is 2.51. The van der Waals surface area contributed by atoms with Gasteiger partial charge in [-0.05, 0) is 37.1 Å². The molecular weight excluding hydrogens is 264 g/mol. The predicted octanol–water partition coefficient (Wildman–Crippen LogP) is 4.30. The van der Waals surface area contributed by atoms with Gasteiger partial charge in [-0.15, -0.1) is 0 Å². The highest BCUT2D eigenvalue weighted by molar-refractivity contribution is 5.78. The number of ketones is 1. The van der Waals surface area contributed by atoms with E-state index in [2.05, 4.69) is 0 Å². The van der Waals surface area contributed by atoms with Crippen LogP contribution in [-0.2, 0) is 4.79 Å². The van der Waals surface area contributed by atoms with Crippen molar-refractivity contribution in [2.24, 2.45) is 0 Å². The molecule has 112 valence electrons. The molecule has 0 saturated heterocycles. The monoisotopic (exact) mass is 286 g/mol. The van der Waals surface area contributed by atoms with Crippen LogP contribution in [0.2, 0.25) is 0 Å². The quantitative estimate of drug-likeness (QED) is 0.759. The molecule has 3 nitrogen and oxygen atoms in total. The lowest BCUT2D eigenvalue weighted by atomic mass is 10.00. The molecule has 0 unspecified atom stereocenters. The summed E-state index contributed by atoms with van der Waals surface area (Å²) in [7, 11) is 0.